The summed E-state index contributed by atoms with van der Waals surface area (Å²) < 4.78 is 18.1. The van der Waals surface area contributed by atoms with Crippen LogP contribution in [0.15, 0.2) is 29.3 Å². The molecule has 1 aliphatic carbocycles. The summed E-state index contributed by atoms with van der Waals surface area (Å²) in [5, 5.41) is 9.07. The first-order valence-corrected chi connectivity index (χ1v) is 9.06. The lowest BCUT2D eigenvalue weighted by Gasteiger charge is -2.29. The first-order chi connectivity index (χ1) is 12.6. The van der Waals surface area contributed by atoms with Crippen LogP contribution in [-0.2, 0) is 9.53 Å². The molecule has 2 rings (SSSR count). The Morgan fingerprint density at radius 2 is 1.89 bits per heavy atom. The van der Waals surface area contributed by atoms with E-state index < -0.39 is 0 Å². The molecule has 1 amide bonds. The summed E-state index contributed by atoms with van der Waals surface area (Å²) in [6.45, 7) is 1.66. The summed E-state index contributed by atoms with van der Waals surface area (Å²) in [6.07, 6.45) is 5.89. The monoisotopic (exact) mass is 492 g/mol. The molecule has 0 aromatic heterocycles. The standard InChI is InChI=1S/C19H29FN4O2.HI/c1-21-18(23-14-19(11-12-26-2)9-3-4-10-19)22-13-17(25)24-16-7-5-15(20)6-8-16;/h5-8H,3-4,9-14H2,1-2H3,(H,24,25)(H2,21,22,23);1H. The average Bonchev–Trinajstić information content (AvgIpc) is 3.11. The summed E-state index contributed by atoms with van der Waals surface area (Å²) >= 11 is 0. The lowest BCUT2D eigenvalue weighted by atomic mass is 9.83. The van der Waals surface area contributed by atoms with E-state index >= 15 is 0 Å². The van der Waals surface area contributed by atoms with E-state index in [-0.39, 0.29) is 47.7 Å². The highest BCUT2D eigenvalue weighted by Gasteiger charge is 2.33. The van der Waals surface area contributed by atoms with Crippen molar-refractivity contribution in [2.75, 3.05) is 39.2 Å². The van der Waals surface area contributed by atoms with Gasteiger partial charge < -0.3 is 20.7 Å². The van der Waals surface area contributed by atoms with Crippen LogP contribution >= 0.6 is 24.0 Å². The number of halogens is 2. The zero-order valence-electron chi connectivity index (χ0n) is 16.0. The van der Waals surface area contributed by atoms with Gasteiger partial charge in [0.15, 0.2) is 5.96 Å². The molecule has 0 unspecified atom stereocenters. The molecule has 0 bridgehead atoms. The third-order valence-corrected chi connectivity index (χ3v) is 4.90. The molecule has 0 aliphatic heterocycles. The second-order valence-electron chi connectivity index (χ2n) is 6.78. The number of nitrogens with one attached hydrogen (secondary N) is 3. The summed E-state index contributed by atoms with van der Waals surface area (Å²) in [5.74, 6) is 0.0533. The quantitative estimate of drug-likeness (QED) is 0.296. The maximum absolute atomic E-state index is 12.9. The minimum Gasteiger partial charge on any atom is -0.385 e. The smallest absolute Gasteiger partial charge is 0.243 e. The van der Waals surface area contributed by atoms with Crippen molar-refractivity contribution in [3.8, 4) is 0 Å². The molecule has 6 nitrogen and oxygen atoms in total. The fourth-order valence-electron chi connectivity index (χ4n) is 3.35. The highest BCUT2D eigenvalue weighted by Crippen LogP contribution is 2.40. The number of anilines is 1. The van der Waals surface area contributed by atoms with Crippen molar-refractivity contribution >= 4 is 41.5 Å². The number of benzene rings is 1. The maximum atomic E-state index is 12.9. The van der Waals surface area contributed by atoms with Gasteiger partial charge in [0.2, 0.25) is 5.91 Å². The molecular formula is C19H30FIN4O2. The van der Waals surface area contributed by atoms with E-state index in [1.165, 1.54) is 49.9 Å². The van der Waals surface area contributed by atoms with Gasteiger partial charge in [-0.2, -0.15) is 0 Å². The molecule has 0 heterocycles. The number of hydrogen-bond donors (Lipinski definition) is 3. The van der Waals surface area contributed by atoms with E-state index in [1.807, 2.05) is 0 Å². The van der Waals surface area contributed by atoms with Gasteiger partial charge in [0.1, 0.15) is 5.82 Å². The number of guanidine groups is 1. The molecule has 0 radical (unpaired) electrons. The first kappa shape index (κ1) is 23.6. The number of rotatable bonds is 8. The highest BCUT2D eigenvalue weighted by atomic mass is 127. The fourth-order valence-corrected chi connectivity index (χ4v) is 3.35. The molecule has 8 heteroatoms. The molecule has 27 heavy (non-hydrogen) atoms. The van der Waals surface area contributed by atoms with Crippen molar-refractivity contribution < 1.29 is 13.9 Å². The SMILES string of the molecule is CN=C(NCC(=O)Nc1ccc(F)cc1)NCC1(CCOC)CCCC1.I. The average molecular weight is 492 g/mol. The number of hydrogen-bond acceptors (Lipinski definition) is 3. The lowest BCUT2D eigenvalue weighted by molar-refractivity contribution is -0.115. The van der Waals surface area contributed by atoms with Crippen LogP contribution in [0.4, 0.5) is 10.1 Å². The Bertz CT molecular complexity index is 604. The first-order valence-electron chi connectivity index (χ1n) is 9.06. The molecule has 1 fully saturated rings. The van der Waals surface area contributed by atoms with Crippen molar-refractivity contribution in [1.82, 2.24) is 10.6 Å². The van der Waals surface area contributed by atoms with Crippen molar-refractivity contribution in [2.45, 2.75) is 32.1 Å². The Morgan fingerprint density at radius 3 is 2.48 bits per heavy atom. The van der Waals surface area contributed by atoms with E-state index in [1.54, 1.807) is 14.2 Å². The van der Waals surface area contributed by atoms with E-state index in [0.29, 0.717) is 11.6 Å². The van der Waals surface area contributed by atoms with Crippen LogP contribution in [0.2, 0.25) is 0 Å². The van der Waals surface area contributed by atoms with Gasteiger partial charge in [0.25, 0.3) is 0 Å². The van der Waals surface area contributed by atoms with Crippen LogP contribution in [-0.4, -0.2) is 45.7 Å². The molecule has 0 spiro atoms. The van der Waals surface area contributed by atoms with Crippen LogP contribution in [0.25, 0.3) is 0 Å². The van der Waals surface area contributed by atoms with E-state index in [9.17, 15) is 9.18 Å². The third-order valence-electron chi connectivity index (χ3n) is 4.90. The molecule has 3 N–H and O–H groups in total. The van der Waals surface area contributed by atoms with Gasteiger partial charge in [0.05, 0.1) is 6.54 Å². The van der Waals surface area contributed by atoms with Gasteiger partial charge in [-0.15, -0.1) is 24.0 Å². The highest BCUT2D eigenvalue weighted by molar-refractivity contribution is 14.0. The van der Waals surface area contributed by atoms with Gasteiger partial charge in [-0.05, 0) is 48.9 Å². The second kappa shape index (κ2) is 12.1. The fraction of sp³-hybridized carbons (Fsp3) is 0.579. The largest absolute Gasteiger partial charge is 0.385 e. The zero-order valence-corrected chi connectivity index (χ0v) is 18.3. The Balaban J connectivity index is 0.00000364. The van der Waals surface area contributed by atoms with Crippen LogP contribution in [0.5, 0.6) is 0 Å². The van der Waals surface area contributed by atoms with Crippen molar-refractivity contribution in [1.29, 1.82) is 0 Å². The number of nitrogens with zero attached hydrogens (tertiary/aromatic N) is 1. The summed E-state index contributed by atoms with van der Waals surface area (Å²) in [4.78, 5) is 16.2. The third kappa shape index (κ3) is 8.00. The molecule has 1 aromatic rings. The van der Waals surface area contributed by atoms with Crippen LogP contribution in [0.3, 0.4) is 0 Å². The Morgan fingerprint density at radius 1 is 1.22 bits per heavy atom. The van der Waals surface area contributed by atoms with Crippen molar-refractivity contribution in [3.63, 3.8) is 0 Å². The summed E-state index contributed by atoms with van der Waals surface area (Å²) in [6, 6.07) is 5.68. The molecular weight excluding hydrogens is 462 g/mol. The van der Waals surface area contributed by atoms with Crippen LogP contribution in [0, 0.1) is 11.2 Å². The number of aliphatic imine (C=N–C) groups is 1. The van der Waals surface area contributed by atoms with E-state index in [4.69, 9.17) is 4.74 Å². The Labute approximate surface area is 177 Å². The predicted octanol–water partition coefficient (Wildman–Crippen LogP) is 3.14. The van der Waals surface area contributed by atoms with Crippen LogP contribution in [0.1, 0.15) is 32.1 Å². The normalized spacial score (nSPS) is 15.7. The lowest BCUT2D eigenvalue weighted by Crippen LogP contribution is -2.45. The van der Waals surface area contributed by atoms with Crippen molar-refractivity contribution in [3.05, 3.63) is 30.1 Å². The number of carbonyl (C=O) groups excluding carboxylic acids is 1. The van der Waals surface area contributed by atoms with Gasteiger partial charge >= 0.3 is 0 Å². The molecule has 0 atom stereocenters. The number of methoxy groups -OCH3 is 1. The predicted molar refractivity (Wildman–Crippen MR) is 117 cm³/mol. The Hall–Kier alpha value is -1.42. The van der Waals surface area contributed by atoms with Crippen molar-refractivity contribution in [2.24, 2.45) is 10.4 Å². The second-order valence-corrected chi connectivity index (χ2v) is 6.78. The minimum atomic E-state index is -0.333. The van der Waals surface area contributed by atoms with Gasteiger partial charge in [0, 0.05) is 33.0 Å². The summed E-state index contributed by atoms with van der Waals surface area (Å²) in [5.41, 5.74) is 0.801. The number of ether oxygens (including phenoxy) is 1. The van der Waals surface area contributed by atoms with Gasteiger partial charge in [-0.3, -0.25) is 9.79 Å². The zero-order chi connectivity index (χ0) is 18.8. The van der Waals surface area contributed by atoms with Crippen LogP contribution < -0.4 is 16.0 Å². The van der Waals surface area contributed by atoms with E-state index in [2.05, 4.69) is 20.9 Å². The summed E-state index contributed by atoms with van der Waals surface area (Å²) in [7, 11) is 3.42. The number of carbonyl (C=O) groups is 1. The topological polar surface area (TPSA) is 74.8 Å². The molecule has 1 saturated carbocycles. The Kier molecular flexibility index (Phi) is 10.6. The minimum absolute atomic E-state index is 0. The molecule has 152 valence electrons. The number of amides is 1. The molecule has 0 saturated heterocycles. The van der Waals surface area contributed by atoms with Gasteiger partial charge in [-0.25, -0.2) is 4.39 Å². The van der Waals surface area contributed by atoms with Gasteiger partial charge in [-0.1, -0.05) is 12.8 Å². The molecule has 1 aliphatic rings. The maximum Gasteiger partial charge on any atom is 0.243 e. The van der Waals surface area contributed by atoms with E-state index in [0.717, 1.165) is 19.6 Å². The molecule has 1 aromatic carbocycles.